The summed E-state index contributed by atoms with van der Waals surface area (Å²) < 4.78 is 49.1. The highest BCUT2D eigenvalue weighted by Crippen LogP contribution is 2.28. The van der Waals surface area contributed by atoms with Gasteiger partial charge >= 0.3 is 5.76 Å². The Hall–Kier alpha value is -1.55. The maximum atomic E-state index is 12.4. The van der Waals surface area contributed by atoms with Crippen LogP contribution in [-0.4, -0.2) is 34.4 Å². The molecule has 114 valence electrons. The van der Waals surface area contributed by atoms with Crippen molar-refractivity contribution in [3.8, 4) is 0 Å². The zero-order valence-corrected chi connectivity index (χ0v) is 12.8. The average molecular weight is 334 g/mol. The molecule has 0 saturated heterocycles. The number of sulfone groups is 1. The van der Waals surface area contributed by atoms with Gasteiger partial charge < -0.3 is 0 Å². The molecule has 0 N–H and O–H groups in total. The highest BCUT2D eigenvalue weighted by atomic mass is 32.2. The molecule has 0 amide bonds. The van der Waals surface area contributed by atoms with Gasteiger partial charge in [-0.3, -0.25) is 0 Å². The fourth-order valence-corrected chi connectivity index (χ4v) is 3.10. The van der Waals surface area contributed by atoms with Crippen molar-refractivity contribution in [2.24, 2.45) is 0 Å². The first-order valence-electron chi connectivity index (χ1n) is 5.90. The first-order valence-corrected chi connectivity index (χ1v) is 8.26. The van der Waals surface area contributed by atoms with E-state index in [1.165, 1.54) is 23.9 Å². The van der Waals surface area contributed by atoms with E-state index in [-0.39, 0.29) is 6.04 Å². The Labute approximate surface area is 124 Å². The summed E-state index contributed by atoms with van der Waals surface area (Å²) in [5.74, 6) is -3.43. The van der Waals surface area contributed by atoms with Gasteiger partial charge in [-0.1, -0.05) is 0 Å². The number of hydrogen-bond donors (Lipinski definition) is 0. The van der Waals surface area contributed by atoms with Crippen molar-refractivity contribution in [3.05, 3.63) is 24.3 Å². The topological polar surface area (TPSA) is 77.7 Å². The van der Waals surface area contributed by atoms with Crippen LogP contribution in [0.3, 0.4) is 0 Å². The Kier molecular flexibility index (Phi) is 4.57. The number of benzene rings is 1. The summed E-state index contributed by atoms with van der Waals surface area (Å²) >= 11 is 1.22. The lowest BCUT2D eigenvalue weighted by molar-refractivity contribution is 0.234. The summed E-state index contributed by atoms with van der Waals surface area (Å²) in [5, 5.41) is 11.8. The Morgan fingerprint density at radius 3 is 2.33 bits per heavy atom. The molecule has 6 nitrogen and oxygen atoms in total. The molecule has 0 fully saturated rings. The van der Waals surface area contributed by atoms with Crippen LogP contribution in [-0.2, 0) is 9.84 Å². The van der Waals surface area contributed by atoms with Gasteiger partial charge in [-0.05, 0) is 60.3 Å². The van der Waals surface area contributed by atoms with E-state index in [2.05, 4.69) is 15.5 Å². The van der Waals surface area contributed by atoms with Crippen LogP contribution in [0.15, 0.2) is 39.2 Å². The van der Waals surface area contributed by atoms with Crippen LogP contribution in [0.1, 0.15) is 19.9 Å². The number of tetrazole rings is 1. The van der Waals surface area contributed by atoms with Crippen molar-refractivity contribution in [1.82, 2.24) is 20.2 Å². The molecule has 0 saturated carbocycles. The van der Waals surface area contributed by atoms with Crippen molar-refractivity contribution in [1.29, 1.82) is 0 Å². The molecule has 2 rings (SSSR count). The minimum atomic E-state index is -4.57. The van der Waals surface area contributed by atoms with Crippen molar-refractivity contribution in [2.75, 3.05) is 0 Å². The third-order valence-corrected chi connectivity index (χ3v) is 4.91. The lowest BCUT2D eigenvalue weighted by atomic mass is 10.4. The van der Waals surface area contributed by atoms with Crippen LogP contribution in [0.4, 0.5) is 8.78 Å². The quantitative estimate of drug-likeness (QED) is 0.835. The van der Waals surface area contributed by atoms with Crippen LogP contribution < -0.4 is 0 Å². The van der Waals surface area contributed by atoms with Crippen LogP contribution >= 0.6 is 11.8 Å². The summed E-state index contributed by atoms with van der Waals surface area (Å²) in [5.41, 5.74) is 0. The van der Waals surface area contributed by atoms with E-state index in [0.717, 1.165) is 12.1 Å². The standard InChI is InChI=1S/C11H12F2N4O2S2/c1-7(2)17-11(14-15-16-17)20-8-3-5-9(6-4-8)21(18,19)10(12)13/h3-7,10H,1-2H3. The van der Waals surface area contributed by atoms with E-state index in [1.807, 2.05) is 13.8 Å². The average Bonchev–Trinajstić information content (AvgIpc) is 2.87. The van der Waals surface area contributed by atoms with Gasteiger partial charge in [0.15, 0.2) is 0 Å². The van der Waals surface area contributed by atoms with E-state index in [0.29, 0.717) is 10.1 Å². The molecule has 21 heavy (non-hydrogen) atoms. The summed E-state index contributed by atoms with van der Waals surface area (Å²) in [6.07, 6.45) is 0. The van der Waals surface area contributed by atoms with Gasteiger partial charge in [0.05, 0.1) is 10.9 Å². The molecule has 0 aliphatic rings. The highest BCUT2D eigenvalue weighted by Gasteiger charge is 2.26. The summed E-state index contributed by atoms with van der Waals surface area (Å²) in [6, 6.07) is 5.25. The largest absolute Gasteiger partial charge is 0.341 e. The van der Waals surface area contributed by atoms with Gasteiger partial charge in [0.1, 0.15) is 0 Å². The first-order chi connectivity index (χ1) is 9.82. The zero-order chi connectivity index (χ0) is 15.6. The fraction of sp³-hybridized carbons (Fsp3) is 0.364. The van der Waals surface area contributed by atoms with E-state index >= 15 is 0 Å². The molecule has 0 spiro atoms. The molecule has 0 bridgehead atoms. The molecule has 0 unspecified atom stereocenters. The molecule has 0 atom stereocenters. The van der Waals surface area contributed by atoms with Gasteiger partial charge in [0.25, 0.3) is 0 Å². The number of rotatable bonds is 5. The fourth-order valence-electron chi connectivity index (χ4n) is 1.48. The molecule has 0 aliphatic heterocycles. The monoisotopic (exact) mass is 334 g/mol. The number of nitrogens with zero attached hydrogens (tertiary/aromatic N) is 4. The van der Waals surface area contributed by atoms with Crippen molar-refractivity contribution >= 4 is 21.6 Å². The van der Waals surface area contributed by atoms with Crippen LogP contribution in [0.25, 0.3) is 0 Å². The van der Waals surface area contributed by atoms with Crippen LogP contribution in [0, 0.1) is 0 Å². The van der Waals surface area contributed by atoms with E-state index < -0.39 is 20.5 Å². The van der Waals surface area contributed by atoms with Crippen molar-refractivity contribution in [3.63, 3.8) is 0 Å². The Morgan fingerprint density at radius 2 is 1.81 bits per heavy atom. The predicted molar refractivity (Wildman–Crippen MR) is 72.0 cm³/mol. The lowest BCUT2D eigenvalue weighted by Gasteiger charge is -2.07. The van der Waals surface area contributed by atoms with Gasteiger partial charge in [-0.25, -0.2) is 13.1 Å². The third-order valence-electron chi connectivity index (χ3n) is 2.55. The Morgan fingerprint density at radius 1 is 1.19 bits per heavy atom. The van der Waals surface area contributed by atoms with E-state index in [1.54, 1.807) is 4.68 Å². The molecule has 1 heterocycles. The van der Waals surface area contributed by atoms with Gasteiger partial charge in [-0.2, -0.15) is 8.78 Å². The van der Waals surface area contributed by atoms with Gasteiger partial charge in [0, 0.05) is 4.90 Å². The normalized spacial score (nSPS) is 12.3. The molecule has 1 aromatic carbocycles. The second-order valence-corrected chi connectivity index (χ2v) is 7.34. The minimum Gasteiger partial charge on any atom is -0.218 e. The number of aromatic nitrogens is 4. The second kappa shape index (κ2) is 6.06. The zero-order valence-electron chi connectivity index (χ0n) is 11.1. The molecule has 2 aromatic rings. The van der Waals surface area contributed by atoms with Gasteiger partial charge in [-0.15, -0.1) is 5.10 Å². The first kappa shape index (κ1) is 15.8. The molecular weight excluding hydrogens is 322 g/mol. The maximum absolute atomic E-state index is 12.4. The smallest absolute Gasteiger partial charge is 0.218 e. The van der Waals surface area contributed by atoms with Crippen molar-refractivity contribution < 1.29 is 17.2 Å². The summed E-state index contributed by atoms with van der Waals surface area (Å²) in [7, 11) is -4.57. The Bertz CT molecular complexity index is 714. The highest BCUT2D eigenvalue weighted by molar-refractivity contribution is 7.99. The number of alkyl halides is 2. The third kappa shape index (κ3) is 3.38. The molecule has 10 heteroatoms. The van der Waals surface area contributed by atoms with Crippen LogP contribution in [0.5, 0.6) is 0 Å². The lowest BCUT2D eigenvalue weighted by Crippen LogP contribution is -2.11. The SMILES string of the molecule is CC(C)n1nnnc1Sc1ccc(S(=O)(=O)C(F)F)cc1. The number of hydrogen-bond acceptors (Lipinski definition) is 6. The Balaban J connectivity index is 2.22. The van der Waals surface area contributed by atoms with Crippen molar-refractivity contribution in [2.45, 2.75) is 40.6 Å². The second-order valence-electron chi connectivity index (χ2n) is 4.38. The van der Waals surface area contributed by atoms with Crippen LogP contribution in [0.2, 0.25) is 0 Å². The molecular formula is C11H12F2N4O2S2. The molecule has 0 aliphatic carbocycles. The molecule has 0 radical (unpaired) electrons. The van der Waals surface area contributed by atoms with E-state index in [9.17, 15) is 17.2 Å². The minimum absolute atomic E-state index is 0.0704. The van der Waals surface area contributed by atoms with E-state index in [4.69, 9.17) is 0 Å². The summed E-state index contributed by atoms with van der Waals surface area (Å²) in [6.45, 7) is 3.83. The van der Waals surface area contributed by atoms with Gasteiger partial charge in [0.2, 0.25) is 15.0 Å². The number of halogens is 2. The molecule has 1 aromatic heterocycles. The summed E-state index contributed by atoms with van der Waals surface area (Å²) in [4.78, 5) is 0.241. The predicted octanol–water partition coefficient (Wildman–Crippen LogP) is 2.40. The maximum Gasteiger partial charge on any atom is 0.341 e.